The van der Waals surface area contributed by atoms with Crippen molar-refractivity contribution in [3.8, 4) is 5.75 Å². The van der Waals surface area contributed by atoms with Gasteiger partial charge in [-0.05, 0) is 73.2 Å². The maximum Gasteiger partial charge on any atom is 0.334 e. The first-order chi connectivity index (χ1) is 17.2. The lowest BCUT2D eigenvalue weighted by atomic mass is 9.88. The number of cyclic esters (lactones) is 1. The number of carbonyl (C=O) groups is 1. The molecule has 0 aliphatic carbocycles. The second-order valence-electron chi connectivity index (χ2n) is 9.59. The molecule has 0 bridgehead atoms. The summed E-state index contributed by atoms with van der Waals surface area (Å²) in [6.07, 6.45) is 5.02. The number of carbonyl (C=O) groups excluding carboxylic acids is 1. The molecular formula is C30H33NO4. The van der Waals surface area contributed by atoms with Gasteiger partial charge in [0.2, 0.25) is 0 Å². The van der Waals surface area contributed by atoms with E-state index in [0.717, 1.165) is 37.9 Å². The second-order valence-corrected chi connectivity index (χ2v) is 9.59. The Bertz CT molecular complexity index is 1200. The zero-order valence-corrected chi connectivity index (χ0v) is 20.1. The van der Waals surface area contributed by atoms with Gasteiger partial charge in [-0.15, -0.1) is 0 Å². The number of β-amino-alcohol motifs (C(OH)–C–C–N with tert-alkyl or cyclic N) is 1. The van der Waals surface area contributed by atoms with Gasteiger partial charge in [0.25, 0.3) is 0 Å². The number of esters is 1. The average molecular weight is 472 g/mol. The topological polar surface area (TPSA) is 59.0 Å². The van der Waals surface area contributed by atoms with Crippen molar-refractivity contribution in [3.05, 3.63) is 83.4 Å². The van der Waals surface area contributed by atoms with Crippen LogP contribution in [0.15, 0.2) is 72.3 Å². The van der Waals surface area contributed by atoms with Crippen LogP contribution in [0.2, 0.25) is 0 Å². The van der Waals surface area contributed by atoms with Crippen LogP contribution in [0.3, 0.4) is 0 Å². The normalized spacial score (nSPS) is 19.6. The number of para-hydroxylation sites is 1. The molecule has 5 nitrogen and oxygen atoms in total. The molecule has 2 aliphatic heterocycles. The SMILES string of the molecule is O=C1OCCCC1=Cc1ccccc1OC[C@@H](O)CN1CCC(c2ccc3ccccc3c2)CC1. The number of benzene rings is 3. The fraction of sp³-hybridized carbons (Fsp3) is 0.367. The molecule has 0 unspecified atom stereocenters. The Balaban J connectivity index is 1.12. The molecule has 5 rings (SSSR count). The van der Waals surface area contributed by atoms with E-state index in [0.29, 0.717) is 36.8 Å². The van der Waals surface area contributed by atoms with Gasteiger partial charge in [-0.3, -0.25) is 0 Å². The van der Waals surface area contributed by atoms with Crippen LogP contribution in [0, 0.1) is 0 Å². The first-order valence-electron chi connectivity index (χ1n) is 12.6. The predicted octanol–water partition coefficient (Wildman–Crippen LogP) is 5.18. The summed E-state index contributed by atoms with van der Waals surface area (Å²) < 4.78 is 11.1. The number of aliphatic hydroxyl groups is 1. The Labute approximate surface area is 207 Å². The lowest BCUT2D eigenvalue weighted by molar-refractivity contribution is -0.141. The highest BCUT2D eigenvalue weighted by atomic mass is 16.5. The average Bonchev–Trinajstić information content (AvgIpc) is 2.90. The highest BCUT2D eigenvalue weighted by Gasteiger charge is 2.23. The van der Waals surface area contributed by atoms with E-state index in [4.69, 9.17) is 9.47 Å². The van der Waals surface area contributed by atoms with Crippen molar-refractivity contribution in [2.24, 2.45) is 0 Å². The van der Waals surface area contributed by atoms with Crippen LogP contribution in [-0.4, -0.2) is 54.9 Å². The minimum Gasteiger partial charge on any atom is -0.490 e. The lowest BCUT2D eigenvalue weighted by Gasteiger charge is -2.33. The van der Waals surface area contributed by atoms with Crippen molar-refractivity contribution in [2.75, 3.05) is 32.8 Å². The Morgan fingerprint density at radius 1 is 1.03 bits per heavy atom. The highest BCUT2D eigenvalue weighted by molar-refractivity contribution is 5.94. The van der Waals surface area contributed by atoms with Gasteiger partial charge < -0.3 is 19.5 Å². The monoisotopic (exact) mass is 471 g/mol. The third-order valence-electron chi connectivity index (χ3n) is 7.07. The van der Waals surface area contributed by atoms with Crippen molar-refractivity contribution in [1.29, 1.82) is 0 Å². The molecule has 5 heteroatoms. The molecule has 0 amide bonds. The molecule has 3 aromatic carbocycles. The van der Waals surface area contributed by atoms with E-state index in [1.807, 2.05) is 30.3 Å². The summed E-state index contributed by atoms with van der Waals surface area (Å²) in [6, 6.07) is 23.0. The van der Waals surface area contributed by atoms with Gasteiger partial charge >= 0.3 is 5.97 Å². The van der Waals surface area contributed by atoms with E-state index in [1.54, 1.807) is 0 Å². The van der Waals surface area contributed by atoms with Crippen LogP contribution in [0.1, 0.15) is 42.7 Å². The second kappa shape index (κ2) is 11.1. The smallest absolute Gasteiger partial charge is 0.334 e. The molecule has 0 aromatic heterocycles. The molecule has 2 heterocycles. The molecule has 2 aliphatic rings. The van der Waals surface area contributed by atoms with E-state index in [2.05, 4.69) is 47.4 Å². The number of likely N-dealkylation sites (tertiary alicyclic amines) is 1. The van der Waals surface area contributed by atoms with Gasteiger partial charge in [0.05, 0.1) is 6.61 Å². The zero-order chi connectivity index (χ0) is 24.0. The van der Waals surface area contributed by atoms with Crippen LogP contribution in [0.5, 0.6) is 5.75 Å². The third kappa shape index (κ3) is 5.92. The standard InChI is InChI=1S/C30H33NO4/c32-28(21-35-29-10-4-3-8-26(29)19-27-9-5-17-34-30(27)33)20-31-15-13-23(14-16-31)25-12-11-22-6-1-2-7-24(22)18-25/h1-4,6-8,10-12,18-19,23,28,32H,5,9,13-17,20-21H2/t28-/m0/s1. The zero-order valence-electron chi connectivity index (χ0n) is 20.1. The minimum atomic E-state index is -0.576. The summed E-state index contributed by atoms with van der Waals surface area (Å²) in [5, 5.41) is 13.2. The molecule has 2 fully saturated rings. The quantitative estimate of drug-likeness (QED) is 0.380. The molecular weight excluding hydrogens is 438 g/mol. The Morgan fingerprint density at radius 3 is 2.63 bits per heavy atom. The summed E-state index contributed by atoms with van der Waals surface area (Å²) in [5.41, 5.74) is 2.92. The van der Waals surface area contributed by atoms with Gasteiger partial charge in [0, 0.05) is 17.7 Å². The van der Waals surface area contributed by atoms with Crippen molar-refractivity contribution in [3.63, 3.8) is 0 Å². The summed E-state index contributed by atoms with van der Waals surface area (Å²) >= 11 is 0. The largest absolute Gasteiger partial charge is 0.490 e. The van der Waals surface area contributed by atoms with E-state index in [9.17, 15) is 9.90 Å². The fourth-order valence-electron chi connectivity index (χ4n) is 5.12. The molecule has 1 atom stereocenters. The van der Waals surface area contributed by atoms with E-state index < -0.39 is 6.10 Å². The van der Waals surface area contributed by atoms with Crippen LogP contribution < -0.4 is 4.74 Å². The number of rotatable bonds is 7. The van der Waals surface area contributed by atoms with E-state index in [1.165, 1.54) is 16.3 Å². The number of aliphatic hydroxyl groups excluding tert-OH is 1. The van der Waals surface area contributed by atoms with Crippen LogP contribution in [0.25, 0.3) is 16.8 Å². The minimum absolute atomic E-state index is 0.217. The molecule has 1 N–H and O–H groups in total. The Kier molecular flexibility index (Phi) is 7.45. The molecule has 0 spiro atoms. The molecule has 0 radical (unpaired) electrons. The maximum atomic E-state index is 12.0. The summed E-state index contributed by atoms with van der Waals surface area (Å²) in [6.45, 7) is 3.24. The van der Waals surface area contributed by atoms with Crippen molar-refractivity contribution in [1.82, 2.24) is 4.90 Å². The van der Waals surface area contributed by atoms with E-state index in [-0.39, 0.29) is 12.6 Å². The summed E-state index contributed by atoms with van der Waals surface area (Å²) in [7, 11) is 0. The van der Waals surface area contributed by atoms with Crippen LogP contribution in [0.4, 0.5) is 0 Å². The van der Waals surface area contributed by atoms with Crippen molar-refractivity contribution in [2.45, 2.75) is 37.7 Å². The molecule has 3 aromatic rings. The number of piperidine rings is 1. The van der Waals surface area contributed by atoms with Gasteiger partial charge in [0.15, 0.2) is 0 Å². The molecule has 2 saturated heterocycles. The van der Waals surface area contributed by atoms with Crippen molar-refractivity contribution < 1.29 is 19.4 Å². The molecule has 182 valence electrons. The summed E-state index contributed by atoms with van der Waals surface area (Å²) in [4.78, 5) is 14.3. The number of nitrogens with zero attached hydrogens (tertiary/aromatic N) is 1. The van der Waals surface area contributed by atoms with E-state index >= 15 is 0 Å². The number of ether oxygens (including phenoxy) is 2. The predicted molar refractivity (Wildman–Crippen MR) is 138 cm³/mol. The Hall–Kier alpha value is -3.15. The Morgan fingerprint density at radius 2 is 1.80 bits per heavy atom. The summed E-state index contributed by atoms with van der Waals surface area (Å²) in [5.74, 6) is 0.987. The van der Waals surface area contributed by atoms with Gasteiger partial charge in [-0.25, -0.2) is 4.79 Å². The first kappa shape index (κ1) is 23.6. The number of fused-ring (bicyclic) bond motifs is 1. The van der Waals surface area contributed by atoms with Gasteiger partial charge in [0.1, 0.15) is 18.5 Å². The number of hydrogen-bond acceptors (Lipinski definition) is 5. The van der Waals surface area contributed by atoms with Crippen LogP contribution in [-0.2, 0) is 9.53 Å². The molecule has 0 saturated carbocycles. The fourth-order valence-corrected chi connectivity index (χ4v) is 5.12. The van der Waals surface area contributed by atoms with Crippen molar-refractivity contribution >= 4 is 22.8 Å². The number of hydrogen-bond donors (Lipinski definition) is 1. The first-order valence-corrected chi connectivity index (χ1v) is 12.6. The third-order valence-corrected chi connectivity index (χ3v) is 7.07. The van der Waals surface area contributed by atoms with Crippen LogP contribution >= 0.6 is 0 Å². The van der Waals surface area contributed by atoms with Gasteiger partial charge in [-0.1, -0.05) is 60.7 Å². The molecule has 35 heavy (non-hydrogen) atoms. The maximum absolute atomic E-state index is 12.0. The van der Waals surface area contributed by atoms with Gasteiger partial charge in [-0.2, -0.15) is 0 Å². The highest BCUT2D eigenvalue weighted by Crippen LogP contribution is 2.30. The lowest BCUT2D eigenvalue weighted by Crippen LogP contribution is -2.40.